The second-order valence-corrected chi connectivity index (χ2v) is 15.6. The molecule has 270 valence electrons. The number of hydrogen-bond acceptors (Lipinski definition) is 10. The van der Waals surface area contributed by atoms with Crippen molar-refractivity contribution in [2.24, 2.45) is 5.92 Å². The Kier molecular flexibility index (Phi) is 11.9. The number of thioether (sulfide) groups is 1. The van der Waals surface area contributed by atoms with Crippen molar-refractivity contribution in [3.05, 3.63) is 30.3 Å². The minimum Gasteiger partial charge on any atom is -0.343 e. The molecule has 0 saturated carbocycles. The largest absolute Gasteiger partial charge is 0.343 e. The summed E-state index contributed by atoms with van der Waals surface area (Å²) in [6.07, 6.45) is 5.46. The Bertz CT molecular complexity index is 1540. The van der Waals surface area contributed by atoms with E-state index in [9.17, 15) is 24.0 Å². The number of benzene rings is 1. The number of hydrogen-bond donors (Lipinski definition) is 5. The third kappa shape index (κ3) is 8.23. The fraction of sp³-hybridized carbons (Fsp3) is 0.618. The molecule has 6 rings (SSSR count). The monoisotopic (exact) mass is 725 g/mol. The van der Waals surface area contributed by atoms with E-state index < -0.39 is 18.1 Å². The van der Waals surface area contributed by atoms with Gasteiger partial charge in [0.15, 0.2) is 0 Å². The van der Waals surface area contributed by atoms with E-state index in [4.69, 9.17) is 0 Å². The van der Waals surface area contributed by atoms with Crippen LogP contribution < -0.4 is 26.6 Å². The summed E-state index contributed by atoms with van der Waals surface area (Å²) in [7, 11) is 1.69. The minimum absolute atomic E-state index is 0.0861. The summed E-state index contributed by atoms with van der Waals surface area (Å²) in [6.45, 7) is 3.17. The second kappa shape index (κ2) is 16.5. The Morgan fingerprint density at radius 2 is 1.82 bits per heavy atom. The van der Waals surface area contributed by atoms with Crippen molar-refractivity contribution in [1.29, 1.82) is 0 Å². The van der Waals surface area contributed by atoms with Gasteiger partial charge in [0.2, 0.25) is 23.6 Å². The Labute approximate surface area is 300 Å². The molecule has 1 aromatic carbocycles. The standard InChI is InChI=1S/C34H47N9O5S2/c1-20(35-2)30(45)37-28(22-14-17-42(18-15-22)26(44)13-7-6-12-25-29-23(19-49-25)36-34(48)38-29)33(47)43-16-8-11-24(43)31(46)39-32-27(40-41-50-32)21-9-4-3-5-10-21/h3-5,9-10,20,22-25,28-29,35H,6-8,11-19H2,1-2H3,(H,37,45)(H,39,46)(H2,36,38,48)/t20-,23?,24-,25?,28+,29?/m0/s1. The SMILES string of the molecule is CN[C@@H](C)C(=O)N[C@@H](C(=O)N1CCC[C@H]1C(=O)Nc1snnc1-c1ccccc1)C1CCN(C(=O)CCCCC2SCC3NC(=O)NC32)CC1. The first-order valence-electron chi connectivity index (χ1n) is 17.7. The summed E-state index contributed by atoms with van der Waals surface area (Å²) in [5, 5.41) is 20.0. The third-order valence-corrected chi connectivity index (χ3v) is 12.6. The molecule has 5 N–H and O–H groups in total. The van der Waals surface area contributed by atoms with Crippen LogP contribution in [-0.2, 0) is 19.2 Å². The molecule has 16 heteroatoms. The van der Waals surface area contributed by atoms with Crippen molar-refractivity contribution < 1.29 is 24.0 Å². The van der Waals surface area contributed by atoms with Crippen LogP contribution in [0.25, 0.3) is 11.3 Å². The van der Waals surface area contributed by atoms with E-state index in [2.05, 4.69) is 36.2 Å². The van der Waals surface area contributed by atoms with Crippen LogP contribution in [-0.4, -0.2) is 117 Å². The van der Waals surface area contributed by atoms with Crippen LogP contribution in [0, 0.1) is 5.92 Å². The molecule has 4 aliphatic heterocycles. The number of amides is 6. The Morgan fingerprint density at radius 1 is 1.04 bits per heavy atom. The number of nitrogens with one attached hydrogen (secondary N) is 5. The number of likely N-dealkylation sites (tertiary alicyclic amines) is 2. The highest BCUT2D eigenvalue weighted by Crippen LogP contribution is 2.34. The highest BCUT2D eigenvalue weighted by molar-refractivity contribution is 8.00. The van der Waals surface area contributed by atoms with Gasteiger partial charge in [-0.25, -0.2) is 4.79 Å². The number of carbonyl (C=O) groups excluding carboxylic acids is 5. The zero-order valence-corrected chi connectivity index (χ0v) is 30.2. The summed E-state index contributed by atoms with van der Waals surface area (Å²) >= 11 is 2.97. The molecular formula is C34H47N9O5S2. The molecule has 4 aliphatic rings. The van der Waals surface area contributed by atoms with Gasteiger partial charge in [-0.3, -0.25) is 19.2 Å². The van der Waals surface area contributed by atoms with Gasteiger partial charge in [-0.05, 0) is 58.4 Å². The van der Waals surface area contributed by atoms with Crippen molar-refractivity contribution in [3.63, 3.8) is 0 Å². The second-order valence-electron chi connectivity index (χ2n) is 13.6. The van der Waals surface area contributed by atoms with Gasteiger partial charge in [-0.1, -0.05) is 41.2 Å². The predicted molar refractivity (Wildman–Crippen MR) is 192 cm³/mol. The molecule has 0 aliphatic carbocycles. The van der Waals surface area contributed by atoms with Crippen LogP contribution >= 0.6 is 23.3 Å². The maximum absolute atomic E-state index is 14.3. The summed E-state index contributed by atoms with van der Waals surface area (Å²) < 4.78 is 4.05. The smallest absolute Gasteiger partial charge is 0.315 e. The molecule has 5 heterocycles. The van der Waals surface area contributed by atoms with E-state index in [1.807, 2.05) is 47.0 Å². The van der Waals surface area contributed by atoms with Crippen LogP contribution in [0.5, 0.6) is 0 Å². The molecule has 50 heavy (non-hydrogen) atoms. The summed E-state index contributed by atoms with van der Waals surface area (Å²) in [4.78, 5) is 69.3. The predicted octanol–water partition coefficient (Wildman–Crippen LogP) is 2.19. The van der Waals surface area contributed by atoms with Gasteiger partial charge in [0.05, 0.1) is 18.1 Å². The van der Waals surface area contributed by atoms with E-state index in [1.165, 1.54) is 0 Å². The molecule has 0 bridgehead atoms. The van der Waals surface area contributed by atoms with Gasteiger partial charge >= 0.3 is 6.03 Å². The lowest BCUT2D eigenvalue weighted by Crippen LogP contribution is -2.58. The van der Waals surface area contributed by atoms with Crippen molar-refractivity contribution in [1.82, 2.24) is 40.7 Å². The van der Waals surface area contributed by atoms with E-state index in [1.54, 1.807) is 18.9 Å². The van der Waals surface area contributed by atoms with E-state index >= 15 is 0 Å². The van der Waals surface area contributed by atoms with E-state index in [0.717, 1.165) is 42.1 Å². The molecule has 2 aromatic rings. The number of carbonyl (C=O) groups is 5. The lowest BCUT2D eigenvalue weighted by Gasteiger charge is -2.38. The molecule has 3 unspecified atom stereocenters. The maximum atomic E-state index is 14.3. The van der Waals surface area contributed by atoms with E-state index in [-0.39, 0.29) is 47.7 Å². The first-order chi connectivity index (χ1) is 24.2. The quantitative estimate of drug-likeness (QED) is 0.153. The number of aromatic nitrogens is 2. The number of piperidine rings is 1. The molecule has 14 nitrogen and oxygen atoms in total. The van der Waals surface area contributed by atoms with Crippen LogP contribution in [0.1, 0.15) is 58.3 Å². The Morgan fingerprint density at radius 3 is 2.58 bits per heavy atom. The van der Waals surface area contributed by atoms with Crippen LogP contribution in [0.3, 0.4) is 0 Å². The first kappa shape index (κ1) is 36.0. The normalized spacial score (nSPS) is 24.6. The number of urea groups is 1. The van der Waals surface area contributed by atoms with Crippen LogP contribution in [0.2, 0.25) is 0 Å². The van der Waals surface area contributed by atoms with Gasteiger partial charge in [0.1, 0.15) is 22.8 Å². The number of nitrogens with zero attached hydrogens (tertiary/aromatic N) is 4. The van der Waals surface area contributed by atoms with Crippen molar-refractivity contribution in [3.8, 4) is 11.3 Å². The van der Waals surface area contributed by atoms with Crippen LogP contribution in [0.4, 0.5) is 9.80 Å². The van der Waals surface area contributed by atoms with E-state index in [0.29, 0.717) is 67.7 Å². The number of rotatable bonds is 13. The molecule has 4 fully saturated rings. The van der Waals surface area contributed by atoms with Crippen molar-refractivity contribution >= 4 is 58.0 Å². The molecule has 4 saturated heterocycles. The average Bonchev–Trinajstić information content (AvgIpc) is 3.95. The third-order valence-electron chi connectivity index (χ3n) is 10.4. The van der Waals surface area contributed by atoms with Gasteiger partial charge in [-0.2, -0.15) is 11.8 Å². The summed E-state index contributed by atoms with van der Waals surface area (Å²) in [6, 6.07) is 7.77. The molecule has 6 amide bonds. The Balaban J connectivity index is 1.04. The number of anilines is 1. The lowest BCUT2D eigenvalue weighted by molar-refractivity contribution is -0.142. The van der Waals surface area contributed by atoms with Crippen molar-refractivity contribution in [2.45, 2.75) is 93.7 Å². The first-order valence-corrected chi connectivity index (χ1v) is 19.5. The van der Waals surface area contributed by atoms with Crippen molar-refractivity contribution in [2.75, 3.05) is 37.8 Å². The summed E-state index contributed by atoms with van der Waals surface area (Å²) in [5.41, 5.74) is 1.41. The molecule has 0 radical (unpaired) electrons. The highest BCUT2D eigenvalue weighted by atomic mass is 32.2. The maximum Gasteiger partial charge on any atom is 0.315 e. The molecule has 6 atom stereocenters. The zero-order valence-electron chi connectivity index (χ0n) is 28.6. The number of likely N-dealkylation sites (N-methyl/N-ethyl adjacent to an activating group) is 1. The number of fused-ring (bicyclic) bond motifs is 1. The highest BCUT2D eigenvalue weighted by Gasteiger charge is 2.43. The fourth-order valence-corrected chi connectivity index (χ4v) is 9.57. The average molecular weight is 726 g/mol. The minimum atomic E-state index is -0.813. The van der Waals surface area contributed by atoms with Gasteiger partial charge in [0, 0.05) is 54.2 Å². The van der Waals surface area contributed by atoms with Gasteiger partial charge in [0.25, 0.3) is 0 Å². The van der Waals surface area contributed by atoms with Gasteiger partial charge < -0.3 is 36.4 Å². The lowest BCUT2D eigenvalue weighted by atomic mass is 9.87. The van der Waals surface area contributed by atoms with Crippen LogP contribution in [0.15, 0.2) is 30.3 Å². The molecule has 1 aromatic heterocycles. The zero-order chi connectivity index (χ0) is 35.2. The topological polar surface area (TPSA) is 178 Å². The molecular weight excluding hydrogens is 679 g/mol. The Hall–Kier alpha value is -3.76. The summed E-state index contributed by atoms with van der Waals surface area (Å²) in [5.74, 6) is -0.00412. The fourth-order valence-electron chi connectivity index (χ4n) is 7.43. The molecule has 0 spiro atoms. The number of unbranched alkanes of at least 4 members (excludes halogenated alkanes) is 1. The van der Waals surface area contributed by atoms with Gasteiger partial charge in [-0.15, -0.1) is 5.10 Å².